The highest BCUT2D eigenvalue weighted by atomic mass is 79.9. The molecular weight excluding hydrogens is 340 g/mol. The van der Waals surface area contributed by atoms with E-state index in [-0.39, 0.29) is 0 Å². The quantitative estimate of drug-likeness (QED) is 0.642. The summed E-state index contributed by atoms with van der Waals surface area (Å²) in [6.07, 6.45) is 3.43. The lowest BCUT2D eigenvalue weighted by molar-refractivity contribution is 0.486. The van der Waals surface area contributed by atoms with Crippen molar-refractivity contribution in [3.05, 3.63) is 57.8 Å². The standard InChI is InChI=1S/C15H10BrClN2O/c1-9-6-11(2-3-12(9)17)20-14-4-5-18-13-7-10(16)8-19-15(13)14/h2-8H,1H3. The van der Waals surface area contributed by atoms with Crippen LogP contribution in [0.2, 0.25) is 5.02 Å². The molecule has 0 aliphatic heterocycles. The van der Waals surface area contributed by atoms with Crippen molar-refractivity contribution in [3.63, 3.8) is 0 Å². The Morgan fingerprint density at radius 2 is 2.00 bits per heavy atom. The summed E-state index contributed by atoms with van der Waals surface area (Å²) >= 11 is 9.40. The molecular formula is C15H10BrClN2O. The van der Waals surface area contributed by atoms with Gasteiger partial charge in [0.15, 0.2) is 5.75 Å². The molecule has 100 valence electrons. The lowest BCUT2D eigenvalue weighted by Gasteiger charge is -2.09. The summed E-state index contributed by atoms with van der Waals surface area (Å²) in [6, 6.07) is 9.25. The summed E-state index contributed by atoms with van der Waals surface area (Å²) in [4.78, 5) is 8.64. The van der Waals surface area contributed by atoms with Gasteiger partial charge in [-0.05, 0) is 52.7 Å². The number of hydrogen-bond acceptors (Lipinski definition) is 3. The van der Waals surface area contributed by atoms with Crippen LogP contribution >= 0.6 is 27.5 Å². The average Bonchev–Trinajstić information content (AvgIpc) is 2.43. The second-order valence-electron chi connectivity index (χ2n) is 4.34. The highest BCUT2D eigenvalue weighted by Crippen LogP contribution is 2.30. The molecule has 0 amide bonds. The number of halogens is 2. The van der Waals surface area contributed by atoms with Crippen LogP contribution in [0.25, 0.3) is 11.0 Å². The predicted molar refractivity (Wildman–Crippen MR) is 83.5 cm³/mol. The van der Waals surface area contributed by atoms with Gasteiger partial charge in [0.25, 0.3) is 0 Å². The number of aromatic nitrogens is 2. The Morgan fingerprint density at radius 1 is 1.15 bits per heavy atom. The third-order valence-electron chi connectivity index (χ3n) is 2.86. The zero-order valence-corrected chi connectivity index (χ0v) is 12.9. The summed E-state index contributed by atoms with van der Waals surface area (Å²) in [5.74, 6) is 1.40. The van der Waals surface area contributed by atoms with Gasteiger partial charge in [-0.25, -0.2) is 4.98 Å². The average molecular weight is 350 g/mol. The van der Waals surface area contributed by atoms with Crippen LogP contribution in [0.3, 0.4) is 0 Å². The third-order valence-corrected chi connectivity index (χ3v) is 3.72. The number of nitrogens with zero attached hydrogens (tertiary/aromatic N) is 2. The first kappa shape index (κ1) is 13.3. The van der Waals surface area contributed by atoms with Crippen molar-refractivity contribution >= 4 is 38.6 Å². The molecule has 0 spiro atoms. The van der Waals surface area contributed by atoms with Crippen molar-refractivity contribution in [2.24, 2.45) is 0 Å². The zero-order valence-electron chi connectivity index (χ0n) is 10.6. The minimum Gasteiger partial charge on any atom is -0.455 e. The maximum absolute atomic E-state index is 6.01. The van der Waals surface area contributed by atoms with Crippen LogP contribution < -0.4 is 4.74 Å². The highest BCUT2D eigenvalue weighted by molar-refractivity contribution is 9.10. The molecule has 1 aromatic carbocycles. The van der Waals surface area contributed by atoms with Gasteiger partial charge in [0.2, 0.25) is 0 Å². The Labute approximate surface area is 129 Å². The molecule has 0 atom stereocenters. The molecule has 0 fully saturated rings. The van der Waals surface area contributed by atoms with Crippen LogP contribution in [0.4, 0.5) is 0 Å². The minimum absolute atomic E-state index is 0.671. The van der Waals surface area contributed by atoms with Gasteiger partial charge in [0.05, 0.1) is 5.52 Å². The van der Waals surface area contributed by atoms with Crippen molar-refractivity contribution in [2.45, 2.75) is 6.92 Å². The van der Waals surface area contributed by atoms with E-state index in [1.165, 1.54) is 0 Å². The molecule has 3 nitrogen and oxygen atoms in total. The molecule has 0 aliphatic rings. The van der Waals surface area contributed by atoms with E-state index in [1.54, 1.807) is 18.5 Å². The molecule has 0 saturated carbocycles. The fourth-order valence-electron chi connectivity index (χ4n) is 1.87. The molecule has 0 aliphatic carbocycles. The Morgan fingerprint density at radius 3 is 2.80 bits per heavy atom. The number of pyridine rings is 2. The van der Waals surface area contributed by atoms with E-state index in [4.69, 9.17) is 16.3 Å². The molecule has 5 heteroatoms. The summed E-state index contributed by atoms with van der Waals surface area (Å²) in [6.45, 7) is 1.94. The number of hydrogen-bond donors (Lipinski definition) is 0. The van der Waals surface area contributed by atoms with Crippen molar-refractivity contribution < 1.29 is 4.74 Å². The Balaban J connectivity index is 2.04. The van der Waals surface area contributed by atoms with Gasteiger partial charge in [-0.1, -0.05) is 11.6 Å². The maximum Gasteiger partial charge on any atom is 0.156 e. The van der Waals surface area contributed by atoms with Crippen molar-refractivity contribution in [1.29, 1.82) is 0 Å². The topological polar surface area (TPSA) is 35.0 Å². The Bertz CT molecular complexity index is 792. The molecule has 3 aromatic rings. The lowest BCUT2D eigenvalue weighted by Crippen LogP contribution is -1.90. The van der Waals surface area contributed by atoms with Gasteiger partial charge in [0.1, 0.15) is 11.3 Å². The van der Waals surface area contributed by atoms with Crippen molar-refractivity contribution in [2.75, 3.05) is 0 Å². The van der Waals surface area contributed by atoms with Crippen LogP contribution in [-0.2, 0) is 0 Å². The normalized spacial score (nSPS) is 10.8. The summed E-state index contributed by atoms with van der Waals surface area (Å²) < 4.78 is 6.78. The monoisotopic (exact) mass is 348 g/mol. The maximum atomic E-state index is 6.01. The number of fused-ring (bicyclic) bond motifs is 1. The highest BCUT2D eigenvalue weighted by Gasteiger charge is 2.07. The summed E-state index contributed by atoms with van der Waals surface area (Å²) in [7, 11) is 0. The van der Waals surface area contributed by atoms with Gasteiger partial charge < -0.3 is 4.74 Å². The van der Waals surface area contributed by atoms with Gasteiger partial charge in [0, 0.05) is 28.0 Å². The second-order valence-corrected chi connectivity index (χ2v) is 5.67. The van der Waals surface area contributed by atoms with Crippen LogP contribution in [-0.4, -0.2) is 9.97 Å². The van der Waals surface area contributed by atoms with Crippen molar-refractivity contribution in [1.82, 2.24) is 9.97 Å². The molecule has 2 aromatic heterocycles. The zero-order chi connectivity index (χ0) is 14.1. The van der Waals surface area contributed by atoms with Crippen LogP contribution in [0.15, 0.2) is 47.2 Å². The first-order chi connectivity index (χ1) is 9.63. The van der Waals surface area contributed by atoms with E-state index < -0.39 is 0 Å². The van der Waals surface area contributed by atoms with E-state index >= 15 is 0 Å². The van der Waals surface area contributed by atoms with Gasteiger partial charge in [-0.15, -0.1) is 0 Å². The SMILES string of the molecule is Cc1cc(Oc2ccnc3cc(Br)cnc23)ccc1Cl. The predicted octanol–water partition coefficient (Wildman–Crippen LogP) is 5.15. The molecule has 20 heavy (non-hydrogen) atoms. The van der Waals surface area contributed by atoms with Gasteiger partial charge in [-0.2, -0.15) is 0 Å². The Hall–Kier alpha value is -1.65. The first-order valence-corrected chi connectivity index (χ1v) is 7.15. The lowest BCUT2D eigenvalue weighted by atomic mass is 10.2. The number of ether oxygens (including phenoxy) is 1. The molecule has 0 N–H and O–H groups in total. The number of benzene rings is 1. The first-order valence-electron chi connectivity index (χ1n) is 5.98. The van der Waals surface area contributed by atoms with Crippen molar-refractivity contribution in [3.8, 4) is 11.5 Å². The largest absolute Gasteiger partial charge is 0.455 e. The van der Waals surface area contributed by atoms with E-state index in [0.717, 1.165) is 31.8 Å². The fraction of sp³-hybridized carbons (Fsp3) is 0.0667. The Kier molecular flexibility index (Phi) is 3.59. The van der Waals surface area contributed by atoms with E-state index in [1.807, 2.05) is 31.2 Å². The molecule has 0 saturated heterocycles. The van der Waals surface area contributed by atoms with Crippen LogP contribution in [0.1, 0.15) is 5.56 Å². The van der Waals surface area contributed by atoms with Crippen LogP contribution in [0, 0.1) is 6.92 Å². The van der Waals surface area contributed by atoms with E-state index in [9.17, 15) is 0 Å². The van der Waals surface area contributed by atoms with Crippen LogP contribution in [0.5, 0.6) is 11.5 Å². The molecule has 3 rings (SSSR count). The summed E-state index contributed by atoms with van der Waals surface area (Å²) in [5.41, 5.74) is 2.48. The van der Waals surface area contributed by atoms with E-state index in [2.05, 4.69) is 25.9 Å². The van der Waals surface area contributed by atoms with E-state index in [0.29, 0.717) is 5.75 Å². The second kappa shape index (κ2) is 5.38. The summed E-state index contributed by atoms with van der Waals surface area (Å²) in [5, 5.41) is 0.721. The molecule has 0 radical (unpaired) electrons. The number of aryl methyl sites for hydroxylation is 1. The molecule has 0 unspecified atom stereocenters. The third kappa shape index (κ3) is 2.62. The molecule has 2 heterocycles. The van der Waals surface area contributed by atoms with Gasteiger partial charge in [-0.3, -0.25) is 4.98 Å². The fourth-order valence-corrected chi connectivity index (χ4v) is 2.31. The van der Waals surface area contributed by atoms with Gasteiger partial charge >= 0.3 is 0 Å². The smallest absolute Gasteiger partial charge is 0.156 e. The minimum atomic E-state index is 0.671. The number of rotatable bonds is 2. The molecule has 0 bridgehead atoms.